The number of anilines is 2. The number of benzene rings is 2. The molecular formula is C14H16N2O. The number of rotatable bonds is 2. The van der Waals surface area contributed by atoms with E-state index in [1.165, 1.54) is 0 Å². The van der Waals surface area contributed by atoms with Gasteiger partial charge in [-0.05, 0) is 61.4 Å². The fourth-order valence-electron chi connectivity index (χ4n) is 1.80. The fourth-order valence-corrected chi connectivity index (χ4v) is 1.80. The second kappa shape index (κ2) is 4.37. The van der Waals surface area contributed by atoms with Crippen molar-refractivity contribution in [1.29, 1.82) is 0 Å². The standard InChI is InChI=1S/C14H16N2O/c1-9-7-12(16)8-10(2)14(9)17-13-5-3-11(15)4-6-13/h3-8H,15-16H2,1-2H3. The van der Waals surface area contributed by atoms with E-state index in [4.69, 9.17) is 16.2 Å². The summed E-state index contributed by atoms with van der Waals surface area (Å²) in [5.74, 6) is 1.62. The minimum absolute atomic E-state index is 0.725. The first kappa shape index (κ1) is 11.3. The molecule has 0 heterocycles. The van der Waals surface area contributed by atoms with Crippen molar-refractivity contribution in [3.05, 3.63) is 47.5 Å². The summed E-state index contributed by atoms with van der Waals surface area (Å²) >= 11 is 0. The van der Waals surface area contributed by atoms with Crippen LogP contribution in [0.4, 0.5) is 11.4 Å². The zero-order valence-electron chi connectivity index (χ0n) is 10.0. The van der Waals surface area contributed by atoms with Crippen molar-refractivity contribution in [2.24, 2.45) is 0 Å². The van der Waals surface area contributed by atoms with Crippen molar-refractivity contribution < 1.29 is 4.74 Å². The third-order valence-corrected chi connectivity index (χ3v) is 2.58. The van der Waals surface area contributed by atoms with Gasteiger partial charge in [-0.15, -0.1) is 0 Å². The van der Waals surface area contributed by atoms with Gasteiger partial charge in [0.1, 0.15) is 11.5 Å². The van der Waals surface area contributed by atoms with Crippen molar-refractivity contribution in [2.75, 3.05) is 11.5 Å². The van der Waals surface area contributed by atoms with Gasteiger partial charge in [0.2, 0.25) is 0 Å². The number of nitrogen functional groups attached to an aromatic ring is 2. The Morgan fingerprint density at radius 3 is 1.88 bits per heavy atom. The van der Waals surface area contributed by atoms with Gasteiger partial charge in [0.15, 0.2) is 0 Å². The van der Waals surface area contributed by atoms with Crippen LogP contribution in [-0.2, 0) is 0 Å². The molecule has 0 radical (unpaired) electrons. The van der Waals surface area contributed by atoms with Gasteiger partial charge in [0.05, 0.1) is 0 Å². The van der Waals surface area contributed by atoms with E-state index >= 15 is 0 Å². The van der Waals surface area contributed by atoms with Gasteiger partial charge in [-0.2, -0.15) is 0 Å². The minimum atomic E-state index is 0.725. The van der Waals surface area contributed by atoms with Gasteiger partial charge in [0.25, 0.3) is 0 Å². The van der Waals surface area contributed by atoms with Crippen LogP contribution in [0, 0.1) is 13.8 Å². The summed E-state index contributed by atoms with van der Waals surface area (Å²) in [6.45, 7) is 3.96. The van der Waals surface area contributed by atoms with Crippen molar-refractivity contribution >= 4 is 11.4 Å². The van der Waals surface area contributed by atoms with Gasteiger partial charge < -0.3 is 16.2 Å². The monoisotopic (exact) mass is 228 g/mol. The lowest BCUT2D eigenvalue weighted by Gasteiger charge is -2.12. The molecule has 3 heteroatoms. The molecule has 0 aliphatic carbocycles. The number of aryl methyl sites for hydroxylation is 2. The Balaban J connectivity index is 2.33. The van der Waals surface area contributed by atoms with Crippen LogP contribution in [-0.4, -0.2) is 0 Å². The summed E-state index contributed by atoms with van der Waals surface area (Å²) in [7, 11) is 0. The number of hydrogen-bond donors (Lipinski definition) is 2. The van der Waals surface area contributed by atoms with E-state index < -0.39 is 0 Å². The molecule has 2 aromatic rings. The molecule has 0 bridgehead atoms. The zero-order valence-corrected chi connectivity index (χ0v) is 10.0. The third kappa shape index (κ3) is 2.50. The molecule has 0 atom stereocenters. The summed E-state index contributed by atoms with van der Waals surface area (Å²) in [5.41, 5.74) is 14.9. The maximum Gasteiger partial charge on any atom is 0.133 e. The first-order chi connectivity index (χ1) is 8.06. The van der Waals surface area contributed by atoms with E-state index in [9.17, 15) is 0 Å². The van der Waals surface area contributed by atoms with Gasteiger partial charge in [-0.25, -0.2) is 0 Å². The number of hydrogen-bond acceptors (Lipinski definition) is 3. The normalized spacial score (nSPS) is 10.2. The molecule has 17 heavy (non-hydrogen) atoms. The van der Waals surface area contributed by atoms with Crippen LogP contribution in [0.3, 0.4) is 0 Å². The molecule has 0 amide bonds. The molecule has 2 aromatic carbocycles. The SMILES string of the molecule is Cc1cc(N)cc(C)c1Oc1ccc(N)cc1. The Labute approximate surface area is 101 Å². The highest BCUT2D eigenvalue weighted by molar-refractivity contribution is 5.54. The average Bonchev–Trinajstić information content (AvgIpc) is 2.26. The summed E-state index contributed by atoms with van der Waals surface area (Å²) in [6.07, 6.45) is 0. The van der Waals surface area contributed by atoms with E-state index in [0.717, 1.165) is 34.0 Å². The van der Waals surface area contributed by atoms with Gasteiger partial charge >= 0.3 is 0 Å². The van der Waals surface area contributed by atoms with Crippen LogP contribution >= 0.6 is 0 Å². The van der Waals surface area contributed by atoms with E-state index in [0.29, 0.717) is 0 Å². The highest BCUT2D eigenvalue weighted by atomic mass is 16.5. The van der Waals surface area contributed by atoms with Crippen LogP contribution < -0.4 is 16.2 Å². The van der Waals surface area contributed by atoms with Gasteiger partial charge in [0, 0.05) is 11.4 Å². The number of ether oxygens (including phenoxy) is 1. The van der Waals surface area contributed by atoms with Crippen molar-refractivity contribution in [1.82, 2.24) is 0 Å². The minimum Gasteiger partial charge on any atom is -0.457 e. The predicted molar refractivity (Wildman–Crippen MR) is 71.3 cm³/mol. The molecule has 2 rings (SSSR count). The first-order valence-corrected chi connectivity index (χ1v) is 5.46. The molecule has 0 saturated heterocycles. The van der Waals surface area contributed by atoms with Gasteiger partial charge in [-0.3, -0.25) is 0 Å². The average molecular weight is 228 g/mol. The van der Waals surface area contributed by atoms with E-state index in [1.54, 1.807) is 0 Å². The Morgan fingerprint density at radius 1 is 0.824 bits per heavy atom. The molecular weight excluding hydrogens is 212 g/mol. The molecule has 0 spiro atoms. The Morgan fingerprint density at radius 2 is 1.35 bits per heavy atom. The van der Waals surface area contributed by atoms with Crippen LogP contribution in [0.15, 0.2) is 36.4 Å². The van der Waals surface area contributed by atoms with Crippen LogP contribution in [0.25, 0.3) is 0 Å². The fraction of sp³-hybridized carbons (Fsp3) is 0.143. The molecule has 0 aliphatic heterocycles. The molecule has 0 saturated carbocycles. The van der Waals surface area contributed by atoms with E-state index in [2.05, 4.69) is 0 Å². The molecule has 3 nitrogen and oxygen atoms in total. The van der Waals surface area contributed by atoms with Crippen molar-refractivity contribution in [3.8, 4) is 11.5 Å². The molecule has 0 fully saturated rings. The molecule has 88 valence electrons. The molecule has 0 unspecified atom stereocenters. The first-order valence-electron chi connectivity index (χ1n) is 5.46. The molecule has 0 aliphatic rings. The maximum absolute atomic E-state index is 5.84. The van der Waals surface area contributed by atoms with Crippen LogP contribution in [0.2, 0.25) is 0 Å². The second-order valence-electron chi connectivity index (χ2n) is 4.15. The van der Waals surface area contributed by atoms with Crippen LogP contribution in [0.1, 0.15) is 11.1 Å². The highest BCUT2D eigenvalue weighted by Gasteiger charge is 2.06. The van der Waals surface area contributed by atoms with E-state index in [1.807, 2.05) is 50.2 Å². The lowest BCUT2D eigenvalue weighted by Crippen LogP contribution is -1.94. The van der Waals surface area contributed by atoms with Crippen molar-refractivity contribution in [2.45, 2.75) is 13.8 Å². The third-order valence-electron chi connectivity index (χ3n) is 2.58. The lowest BCUT2D eigenvalue weighted by atomic mass is 10.1. The Kier molecular flexibility index (Phi) is 2.91. The Bertz CT molecular complexity index is 509. The van der Waals surface area contributed by atoms with Gasteiger partial charge in [-0.1, -0.05) is 0 Å². The maximum atomic E-state index is 5.84. The molecule has 0 aromatic heterocycles. The summed E-state index contributed by atoms with van der Waals surface area (Å²) in [4.78, 5) is 0. The van der Waals surface area contributed by atoms with Crippen LogP contribution in [0.5, 0.6) is 11.5 Å². The molecule has 4 N–H and O–H groups in total. The zero-order chi connectivity index (χ0) is 12.4. The topological polar surface area (TPSA) is 61.3 Å². The predicted octanol–water partition coefficient (Wildman–Crippen LogP) is 3.26. The largest absolute Gasteiger partial charge is 0.457 e. The summed E-state index contributed by atoms with van der Waals surface area (Å²) in [6, 6.07) is 11.1. The quantitative estimate of drug-likeness (QED) is 0.775. The second-order valence-corrected chi connectivity index (χ2v) is 4.15. The Hall–Kier alpha value is -2.16. The van der Waals surface area contributed by atoms with Crippen molar-refractivity contribution in [3.63, 3.8) is 0 Å². The van der Waals surface area contributed by atoms with E-state index in [-0.39, 0.29) is 0 Å². The summed E-state index contributed by atoms with van der Waals surface area (Å²) in [5, 5.41) is 0. The smallest absolute Gasteiger partial charge is 0.133 e. The number of nitrogens with two attached hydrogens (primary N) is 2. The lowest BCUT2D eigenvalue weighted by molar-refractivity contribution is 0.475. The highest BCUT2D eigenvalue weighted by Crippen LogP contribution is 2.30. The summed E-state index contributed by atoms with van der Waals surface area (Å²) < 4.78 is 5.84.